The summed E-state index contributed by atoms with van der Waals surface area (Å²) in [5.74, 6) is 0.880. The molecule has 0 saturated carbocycles. The molecule has 0 spiro atoms. The molecule has 0 fully saturated rings. The number of amides is 1. The van der Waals surface area contributed by atoms with E-state index in [-0.39, 0.29) is 11.8 Å². The molecule has 90 valence electrons. The minimum Gasteiger partial charge on any atom is -0.354 e. The molecule has 0 aliphatic carbocycles. The monoisotopic (exact) mass is 225 g/mol. The van der Waals surface area contributed by atoms with Gasteiger partial charge in [-0.2, -0.15) is 0 Å². The first kappa shape index (κ1) is 12.6. The number of hydrogen-bond acceptors (Lipinski definition) is 4. The van der Waals surface area contributed by atoms with Crippen molar-refractivity contribution in [2.24, 2.45) is 18.7 Å². The Bertz CT molecular complexity index is 347. The van der Waals surface area contributed by atoms with Gasteiger partial charge in [0.1, 0.15) is 12.2 Å². The normalized spacial score (nSPS) is 12.8. The minimum absolute atomic E-state index is 0.114. The van der Waals surface area contributed by atoms with Crippen LogP contribution in [0.4, 0.5) is 0 Å². The fourth-order valence-electron chi connectivity index (χ4n) is 1.25. The standard InChI is InChI=1S/C10H19N5O/c1-7(2)9(11)10(16)12-5-4-8-14-13-6-15(8)3/h6-7,9H,4-5,11H2,1-3H3,(H,12,16). The molecule has 1 heterocycles. The first-order chi connectivity index (χ1) is 7.52. The predicted molar refractivity (Wildman–Crippen MR) is 60.5 cm³/mol. The first-order valence-corrected chi connectivity index (χ1v) is 5.38. The number of nitrogens with two attached hydrogens (primary N) is 1. The fourth-order valence-corrected chi connectivity index (χ4v) is 1.25. The Hall–Kier alpha value is -1.43. The van der Waals surface area contributed by atoms with Gasteiger partial charge in [0.2, 0.25) is 5.91 Å². The van der Waals surface area contributed by atoms with Gasteiger partial charge in [-0.1, -0.05) is 13.8 Å². The Morgan fingerprint density at radius 2 is 2.31 bits per heavy atom. The maximum absolute atomic E-state index is 11.5. The average Bonchev–Trinajstić information content (AvgIpc) is 2.63. The zero-order valence-electron chi connectivity index (χ0n) is 9.97. The van der Waals surface area contributed by atoms with Gasteiger partial charge in [-0.3, -0.25) is 4.79 Å². The second kappa shape index (κ2) is 5.60. The molecular weight excluding hydrogens is 206 g/mol. The van der Waals surface area contributed by atoms with Gasteiger partial charge in [0.25, 0.3) is 0 Å². The lowest BCUT2D eigenvalue weighted by Crippen LogP contribution is -2.44. The lowest BCUT2D eigenvalue weighted by Gasteiger charge is -2.14. The highest BCUT2D eigenvalue weighted by atomic mass is 16.2. The van der Waals surface area contributed by atoms with Gasteiger partial charge >= 0.3 is 0 Å². The summed E-state index contributed by atoms with van der Waals surface area (Å²) in [5.41, 5.74) is 5.70. The van der Waals surface area contributed by atoms with E-state index in [0.29, 0.717) is 13.0 Å². The molecule has 0 bridgehead atoms. The summed E-state index contributed by atoms with van der Waals surface area (Å²) in [5, 5.41) is 10.5. The van der Waals surface area contributed by atoms with Gasteiger partial charge in [-0.15, -0.1) is 10.2 Å². The molecule has 1 rings (SSSR count). The number of carbonyl (C=O) groups excluding carboxylic acids is 1. The molecule has 0 radical (unpaired) electrons. The van der Waals surface area contributed by atoms with Crippen molar-refractivity contribution in [2.75, 3.05) is 6.54 Å². The summed E-state index contributed by atoms with van der Waals surface area (Å²) in [6, 6.07) is -0.445. The van der Waals surface area contributed by atoms with Crippen LogP contribution < -0.4 is 11.1 Å². The highest BCUT2D eigenvalue weighted by Crippen LogP contribution is 1.98. The Balaban J connectivity index is 2.31. The maximum atomic E-state index is 11.5. The third-order valence-corrected chi connectivity index (χ3v) is 2.47. The third-order valence-electron chi connectivity index (χ3n) is 2.47. The van der Waals surface area contributed by atoms with E-state index in [2.05, 4.69) is 15.5 Å². The highest BCUT2D eigenvalue weighted by Gasteiger charge is 2.16. The molecule has 1 atom stereocenters. The van der Waals surface area contributed by atoms with E-state index >= 15 is 0 Å². The Labute approximate surface area is 95.2 Å². The molecule has 0 aromatic carbocycles. The zero-order valence-corrected chi connectivity index (χ0v) is 9.97. The molecule has 0 aliphatic heterocycles. The maximum Gasteiger partial charge on any atom is 0.237 e. The first-order valence-electron chi connectivity index (χ1n) is 5.38. The molecule has 1 aromatic heterocycles. The molecule has 1 unspecified atom stereocenters. The Kier molecular flexibility index (Phi) is 4.42. The molecule has 6 heteroatoms. The van der Waals surface area contributed by atoms with Crippen molar-refractivity contribution < 1.29 is 4.79 Å². The van der Waals surface area contributed by atoms with E-state index in [4.69, 9.17) is 5.73 Å². The van der Waals surface area contributed by atoms with Gasteiger partial charge in [-0.05, 0) is 5.92 Å². The van der Waals surface area contributed by atoms with Crippen LogP contribution in [0.2, 0.25) is 0 Å². The molecule has 3 N–H and O–H groups in total. The van der Waals surface area contributed by atoms with E-state index in [9.17, 15) is 4.79 Å². The second-order valence-corrected chi connectivity index (χ2v) is 4.17. The topological polar surface area (TPSA) is 85.8 Å². The van der Waals surface area contributed by atoms with E-state index in [1.807, 2.05) is 25.5 Å². The van der Waals surface area contributed by atoms with E-state index in [0.717, 1.165) is 5.82 Å². The Morgan fingerprint density at radius 3 is 2.81 bits per heavy atom. The van der Waals surface area contributed by atoms with Crippen molar-refractivity contribution in [2.45, 2.75) is 26.3 Å². The average molecular weight is 225 g/mol. The molecule has 1 amide bonds. The van der Waals surface area contributed by atoms with E-state index in [1.54, 1.807) is 6.33 Å². The third kappa shape index (κ3) is 3.30. The van der Waals surface area contributed by atoms with Gasteiger partial charge in [0, 0.05) is 20.0 Å². The van der Waals surface area contributed by atoms with Crippen LogP contribution in [0.5, 0.6) is 0 Å². The van der Waals surface area contributed by atoms with Gasteiger partial charge in [0.05, 0.1) is 6.04 Å². The highest BCUT2D eigenvalue weighted by molar-refractivity contribution is 5.81. The summed E-state index contributed by atoms with van der Waals surface area (Å²) in [6.45, 7) is 4.38. The largest absolute Gasteiger partial charge is 0.354 e. The number of nitrogens with zero attached hydrogens (tertiary/aromatic N) is 3. The van der Waals surface area contributed by atoms with Crippen molar-refractivity contribution in [3.63, 3.8) is 0 Å². The Morgan fingerprint density at radius 1 is 1.62 bits per heavy atom. The number of nitrogens with one attached hydrogen (secondary N) is 1. The van der Waals surface area contributed by atoms with Crippen LogP contribution in [0.25, 0.3) is 0 Å². The summed E-state index contributed by atoms with van der Waals surface area (Å²) in [4.78, 5) is 11.5. The zero-order chi connectivity index (χ0) is 12.1. The minimum atomic E-state index is -0.445. The van der Waals surface area contributed by atoms with Crippen LogP contribution in [-0.4, -0.2) is 33.3 Å². The van der Waals surface area contributed by atoms with Crippen LogP contribution in [-0.2, 0) is 18.3 Å². The molecule has 16 heavy (non-hydrogen) atoms. The number of aromatic nitrogens is 3. The van der Waals surface area contributed by atoms with Crippen molar-refractivity contribution in [1.29, 1.82) is 0 Å². The summed E-state index contributed by atoms with van der Waals surface area (Å²) in [6.07, 6.45) is 2.30. The van der Waals surface area contributed by atoms with Crippen LogP contribution in [0, 0.1) is 5.92 Å². The molecule has 6 nitrogen and oxygen atoms in total. The number of rotatable bonds is 5. The second-order valence-electron chi connectivity index (χ2n) is 4.17. The van der Waals surface area contributed by atoms with Crippen LogP contribution in [0.1, 0.15) is 19.7 Å². The number of hydrogen-bond donors (Lipinski definition) is 2. The van der Waals surface area contributed by atoms with Crippen molar-refractivity contribution >= 4 is 5.91 Å². The summed E-state index contributed by atoms with van der Waals surface area (Å²) >= 11 is 0. The fraction of sp³-hybridized carbons (Fsp3) is 0.700. The smallest absolute Gasteiger partial charge is 0.237 e. The number of carbonyl (C=O) groups is 1. The van der Waals surface area contributed by atoms with Gasteiger partial charge in [0.15, 0.2) is 0 Å². The molecule has 1 aromatic rings. The molecule has 0 saturated heterocycles. The summed E-state index contributed by atoms with van der Waals surface area (Å²) < 4.78 is 1.83. The van der Waals surface area contributed by atoms with Crippen molar-refractivity contribution in [3.8, 4) is 0 Å². The van der Waals surface area contributed by atoms with Crippen molar-refractivity contribution in [1.82, 2.24) is 20.1 Å². The molecular formula is C10H19N5O. The van der Waals surface area contributed by atoms with E-state index < -0.39 is 6.04 Å². The van der Waals surface area contributed by atoms with Gasteiger partial charge < -0.3 is 15.6 Å². The predicted octanol–water partition coefficient (Wildman–Crippen LogP) is -0.543. The SMILES string of the molecule is CC(C)C(N)C(=O)NCCc1nncn1C. The summed E-state index contributed by atoms with van der Waals surface area (Å²) in [7, 11) is 1.87. The van der Waals surface area contributed by atoms with Crippen LogP contribution in [0.15, 0.2) is 6.33 Å². The lowest BCUT2D eigenvalue weighted by molar-refractivity contribution is -0.123. The van der Waals surface area contributed by atoms with Crippen LogP contribution in [0.3, 0.4) is 0 Å². The van der Waals surface area contributed by atoms with E-state index in [1.165, 1.54) is 0 Å². The van der Waals surface area contributed by atoms with Crippen LogP contribution >= 0.6 is 0 Å². The lowest BCUT2D eigenvalue weighted by atomic mass is 10.1. The van der Waals surface area contributed by atoms with Crippen molar-refractivity contribution in [3.05, 3.63) is 12.2 Å². The van der Waals surface area contributed by atoms with Gasteiger partial charge in [-0.25, -0.2) is 0 Å². The molecule has 0 aliphatic rings. The number of aryl methyl sites for hydroxylation is 1. The quantitative estimate of drug-likeness (QED) is 0.704.